The predicted octanol–water partition coefficient (Wildman–Crippen LogP) is 2.78. The van der Waals surface area contributed by atoms with Crippen LogP contribution in [0.4, 0.5) is 11.5 Å². The highest BCUT2D eigenvalue weighted by atomic mass is 16.5. The number of pyridine rings is 1. The van der Waals surface area contributed by atoms with Crippen LogP contribution in [-0.2, 0) is 4.79 Å². The standard InChI is InChI=1S/C22H27N5O3/c1-29-19-7-3-6-18(21(19)30-2)25-13-20(28)26-15-5-4-12-27(14-15)22-16-8-10-23-17(16)9-11-24-22/h3,6-11,15,23,25H,4-5,12-14H2,1-2H3,(H,26,28). The summed E-state index contributed by atoms with van der Waals surface area (Å²) in [4.78, 5) is 22.6. The van der Waals surface area contributed by atoms with E-state index in [1.807, 2.05) is 42.7 Å². The van der Waals surface area contributed by atoms with Crippen molar-refractivity contribution in [1.29, 1.82) is 0 Å². The number of methoxy groups -OCH3 is 2. The molecule has 0 radical (unpaired) electrons. The first-order chi connectivity index (χ1) is 14.7. The number of anilines is 2. The van der Waals surface area contributed by atoms with Crippen molar-refractivity contribution >= 4 is 28.3 Å². The highest BCUT2D eigenvalue weighted by Gasteiger charge is 2.23. The minimum Gasteiger partial charge on any atom is -0.493 e. The van der Waals surface area contributed by atoms with Crippen molar-refractivity contribution in [2.75, 3.05) is 44.1 Å². The Morgan fingerprint density at radius 1 is 1.27 bits per heavy atom. The summed E-state index contributed by atoms with van der Waals surface area (Å²) in [6, 6.07) is 9.64. The monoisotopic (exact) mass is 409 g/mol. The third-order valence-electron chi connectivity index (χ3n) is 5.39. The average Bonchev–Trinajstić information content (AvgIpc) is 3.26. The first-order valence-electron chi connectivity index (χ1n) is 10.1. The molecule has 0 aliphatic carbocycles. The number of nitrogens with one attached hydrogen (secondary N) is 3. The van der Waals surface area contributed by atoms with E-state index in [0.717, 1.165) is 48.3 Å². The van der Waals surface area contributed by atoms with Crippen LogP contribution in [-0.4, -0.2) is 55.8 Å². The molecule has 1 aromatic carbocycles. The molecule has 8 heteroatoms. The summed E-state index contributed by atoms with van der Waals surface area (Å²) in [6.45, 7) is 1.83. The molecule has 0 bridgehead atoms. The quantitative estimate of drug-likeness (QED) is 0.556. The number of aromatic amines is 1. The molecule has 3 N–H and O–H groups in total. The van der Waals surface area contributed by atoms with E-state index in [1.54, 1.807) is 14.2 Å². The number of fused-ring (bicyclic) bond motifs is 1. The number of carbonyl (C=O) groups is 1. The largest absolute Gasteiger partial charge is 0.493 e. The van der Waals surface area contributed by atoms with Crippen LogP contribution in [0.15, 0.2) is 42.7 Å². The predicted molar refractivity (Wildman–Crippen MR) is 118 cm³/mol. The van der Waals surface area contributed by atoms with E-state index >= 15 is 0 Å². The van der Waals surface area contributed by atoms with Crippen LogP contribution in [0.1, 0.15) is 12.8 Å². The van der Waals surface area contributed by atoms with Gasteiger partial charge in [-0.25, -0.2) is 4.98 Å². The number of rotatable bonds is 7. The molecule has 1 aliphatic heterocycles. The second-order valence-corrected chi connectivity index (χ2v) is 7.32. The van der Waals surface area contributed by atoms with Gasteiger partial charge in [-0.3, -0.25) is 4.79 Å². The minimum atomic E-state index is -0.0560. The molecule has 158 valence electrons. The second-order valence-electron chi connectivity index (χ2n) is 7.32. The van der Waals surface area contributed by atoms with E-state index in [1.165, 1.54) is 0 Å². The van der Waals surface area contributed by atoms with Gasteiger partial charge in [0, 0.05) is 36.9 Å². The Bertz CT molecular complexity index is 1020. The number of hydrogen-bond acceptors (Lipinski definition) is 6. The van der Waals surface area contributed by atoms with Gasteiger partial charge < -0.3 is 30.0 Å². The van der Waals surface area contributed by atoms with Gasteiger partial charge in [0.15, 0.2) is 11.5 Å². The number of carbonyl (C=O) groups excluding carboxylic acids is 1. The van der Waals surface area contributed by atoms with Crippen molar-refractivity contribution in [3.8, 4) is 11.5 Å². The van der Waals surface area contributed by atoms with E-state index in [0.29, 0.717) is 11.5 Å². The van der Waals surface area contributed by atoms with Crippen LogP contribution in [0.25, 0.3) is 10.9 Å². The van der Waals surface area contributed by atoms with Gasteiger partial charge in [0.25, 0.3) is 0 Å². The third kappa shape index (κ3) is 4.12. The molecule has 30 heavy (non-hydrogen) atoms. The highest BCUT2D eigenvalue weighted by molar-refractivity contribution is 5.90. The molecule has 1 aliphatic rings. The zero-order chi connectivity index (χ0) is 20.9. The molecule has 1 unspecified atom stereocenters. The van der Waals surface area contributed by atoms with Gasteiger partial charge in [-0.05, 0) is 37.1 Å². The molecular weight excluding hydrogens is 382 g/mol. The fraction of sp³-hybridized carbons (Fsp3) is 0.364. The highest BCUT2D eigenvalue weighted by Crippen LogP contribution is 2.34. The number of benzene rings is 1. The Morgan fingerprint density at radius 2 is 2.17 bits per heavy atom. The number of hydrogen-bond donors (Lipinski definition) is 3. The number of H-pyrrole nitrogens is 1. The number of ether oxygens (including phenoxy) is 2. The van der Waals surface area contributed by atoms with Gasteiger partial charge in [0.1, 0.15) is 5.82 Å². The lowest BCUT2D eigenvalue weighted by atomic mass is 10.1. The van der Waals surface area contributed by atoms with Crippen LogP contribution in [0.5, 0.6) is 11.5 Å². The maximum absolute atomic E-state index is 12.6. The van der Waals surface area contributed by atoms with Crippen molar-refractivity contribution in [1.82, 2.24) is 15.3 Å². The average molecular weight is 409 g/mol. The molecule has 0 spiro atoms. The van der Waals surface area contributed by atoms with E-state index in [9.17, 15) is 4.79 Å². The lowest BCUT2D eigenvalue weighted by molar-refractivity contribution is -0.120. The zero-order valence-corrected chi connectivity index (χ0v) is 17.3. The van der Waals surface area contributed by atoms with Gasteiger partial charge in [-0.15, -0.1) is 0 Å². The van der Waals surface area contributed by atoms with Gasteiger partial charge in [-0.1, -0.05) is 6.07 Å². The Morgan fingerprint density at radius 3 is 3.00 bits per heavy atom. The Balaban J connectivity index is 1.37. The summed E-state index contributed by atoms with van der Waals surface area (Å²) in [5.41, 5.74) is 1.79. The lowest BCUT2D eigenvalue weighted by Crippen LogP contribution is -2.49. The Hall–Kier alpha value is -3.42. The van der Waals surface area contributed by atoms with Gasteiger partial charge in [-0.2, -0.15) is 0 Å². The smallest absolute Gasteiger partial charge is 0.239 e. The fourth-order valence-electron chi connectivity index (χ4n) is 3.99. The van der Waals surface area contributed by atoms with Crippen LogP contribution in [0.3, 0.4) is 0 Å². The van der Waals surface area contributed by atoms with Crippen molar-refractivity contribution in [3.63, 3.8) is 0 Å². The molecule has 1 saturated heterocycles. The van der Waals surface area contributed by atoms with E-state index in [-0.39, 0.29) is 18.5 Å². The zero-order valence-electron chi connectivity index (χ0n) is 17.3. The third-order valence-corrected chi connectivity index (χ3v) is 5.39. The molecule has 1 fully saturated rings. The van der Waals surface area contributed by atoms with Crippen LogP contribution in [0.2, 0.25) is 0 Å². The maximum Gasteiger partial charge on any atom is 0.239 e. The Labute approximate surface area is 175 Å². The van der Waals surface area contributed by atoms with Crippen LogP contribution in [0, 0.1) is 0 Å². The first-order valence-corrected chi connectivity index (χ1v) is 10.1. The summed E-state index contributed by atoms with van der Waals surface area (Å²) < 4.78 is 10.7. The summed E-state index contributed by atoms with van der Waals surface area (Å²) in [6.07, 6.45) is 5.71. The van der Waals surface area contributed by atoms with E-state index in [4.69, 9.17) is 9.47 Å². The number of piperidine rings is 1. The van der Waals surface area contributed by atoms with Crippen molar-refractivity contribution in [2.45, 2.75) is 18.9 Å². The van der Waals surface area contributed by atoms with Crippen molar-refractivity contribution in [3.05, 3.63) is 42.7 Å². The molecule has 0 saturated carbocycles. The number of nitrogens with zero attached hydrogens (tertiary/aromatic N) is 2. The Kier molecular flexibility index (Phi) is 5.92. The molecule has 4 rings (SSSR count). The number of amides is 1. The topological polar surface area (TPSA) is 91.5 Å². The maximum atomic E-state index is 12.6. The molecule has 8 nitrogen and oxygen atoms in total. The van der Waals surface area contributed by atoms with Gasteiger partial charge in [0.05, 0.1) is 32.0 Å². The van der Waals surface area contributed by atoms with Gasteiger partial charge >= 0.3 is 0 Å². The molecule has 1 amide bonds. The van der Waals surface area contributed by atoms with Gasteiger partial charge in [0.2, 0.25) is 5.91 Å². The van der Waals surface area contributed by atoms with E-state index < -0.39 is 0 Å². The molecule has 1 atom stereocenters. The van der Waals surface area contributed by atoms with Crippen LogP contribution >= 0.6 is 0 Å². The molecule has 3 aromatic rings. The number of aromatic nitrogens is 2. The minimum absolute atomic E-state index is 0.0560. The van der Waals surface area contributed by atoms with Crippen LogP contribution < -0.4 is 25.0 Å². The second kappa shape index (κ2) is 8.94. The lowest BCUT2D eigenvalue weighted by Gasteiger charge is -2.34. The van der Waals surface area contributed by atoms with E-state index in [2.05, 4.69) is 25.5 Å². The van der Waals surface area contributed by atoms with Crippen molar-refractivity contribution in [2.24, 2.45) is 0 Å². The summed E-state index contributed by atoms with van der Waals surface area (Å²) in [7, 11) is 3.17. The molecular formula is C22H27N5O3. The molecule has 3 heterocycles. The number of para-hydroxylation sites is 1. The normalized spacial score (nSPS) is 16.3. The summed E-state index contributed by atoms with van der Waals surface area (Å²) in [5, 5.41) is 7.40. The summed E-state index contributed by atoms with van der Waals surface area (Å²) in [5.74, 6) is 2.12. The SMILES string of the molecule is COc1cccc(NCC(=O)NC2CCCN(c3nccc4[nH]ccc34)C2)c1OC. The fourth-order valence-corrected chi connectivity index (χ4v) is 3.99. The summed E-state index contributed by atoms with van der Waals surface area (Å²) >= 11 is 0. The van der Waals surface area contributed by atoms with Crippen molar-refractivity contribution < 1.29 is 14.3 Å². The molecule has 2 aromatic heterocycles. The first kappa shape index (κ1) is 19.9.